The van der Waals surface area contributed by atoms with Crippen molar-refractivity contribution in [2.24, 2.45) is 0 Å². The van der Waals surface area contributed by atoms with Gasteiger partial charge in [0.2, 0.25) is 0 Å². The standard InChI is InChI=1S/C11H16N2O2S/c1-8-6-9(11(14)15)16-10(8)7-13-4-2-12-3-5-13/h6,12H,2-5,7H2,1H3,(H,14,15). The first-order valence-corrected chi connectivity index (χ1v) is 6.24. The quantitative estimate of drug-likeness (QED) is 0.832. The molecule has 0 bridgehead atoms. The van der Waals surface area contributed by atoms with Crippen LogP contribution in [0.15, 0.2) is 6.07 Å². The Hall–Kier alpha value is -0.910. The molecule has 2 rings (SSSR count). The molecule has 2 heterocycles. The minimum Gasteiger partial charge on any atom is -0.477 e. The highest BCUT2D eigenvalue weighted by Gasteiger charge is 2.15. The van der Waals surface area contributed by atoms with E-state index in [1.807, 2.05) is 6.92 Å². The fourth-order valence-electron chi connectivity index (χ4n) is 1.85. The van der Waals surface area contributed by atoms with Crippen LogP contribution in [0.1, 0.15) is 20.1 Å². The average Bonchev–Trinajstić information content (AvgIpc) is 2.62. The van der Waals surface area contributed by atoms with Gasteiger partial charge in [-0.1, -0.05) is 0 Å². The Morgan fingerprint density at radius 1 is 1.56 bits per heavy atom. The van der Waals surface area contributed by atoms with Crippen LogP contribution in [0.2, 0.25) is 0 Å². The van der Waals surface area contributed by atoms with E-state index in [1.54, 1.807) is 6.07 Å². The number of hydrogen-bond donors (Lipinski definition) is 2. The molecule has 1 aromatic heterocycles. The van der Waals surface area contributed by atoms with Crippen molar-refractivity contribution >= 4 is 17.3 Å². The molecular weight excluding hydrogens is 224 g/mol. The Balaban J connectivity index is 2.05. The van der Waals surface area contributed by atoms with Crippen molar-refractivity contribution in [3.63, 3.8) is 0 Å². The Kier molecular flexibility index (Phi) is 3.58. The Labute approximate surface area is 98.9 Å². The summed E-state index contributed by atoms with van der Waals surface area (Å²) in [7, 11) is 0. The van der Waals surface area contributed by atoms with E-state index in [0.29, 0.717) is 4.88 Å². The lowest BCUT2D eigenvalue weighted by Crippen LogP contribution is -2.42. The van der Waals surface area contributed by atoms with Crippen LogP contribution >= 0.6 is 11.3 Å². The molecule has 2 N–H and O–H groups in total. The van der Waals surface area contributed by atoms with E-state index in [-0.39, 0.29) is 0 Å². The van der Waals surface area contributed by atoms with Crippen LogP contribution < -0.4 is 5.32 Å². The molecule has 0 aromatic carbocycles. The predicted molar refractivity (Wildman–Crippen MR) is 64.2 cm³/mol. The molecule has 1 aliphatic rings. The molecule has 16 heavy (non-hydrogen) atoms. The van der Waals surface area contributed by atoms with Crippen molar-refractivity contribution in [1.29, 1.82) is 0 Å². The number of hydrogen-bond acceptors (Lipinski definition) is 4. The monoisotopic (exact) mass is 240 g/mol. The van der Waals surface area contributed by atoms with Gasteiger partial charge in [0.1, 0.15) is 4.88 Å². The van der Waals surface area contributed by atoms with Gasteiger partial charge in [-0.05, 0) is 18.6 Å². The summed E-state index contributed by atoms with van der Waals surface area (Å²) in [6.07, 6.45) is 0. The molecule has 0 radical (unpaired) electrons. The maximum Gasteiger partial charge on any atom is 0.345 e. The highest BCUT2D eigenvalue weighted by Crippen LogP contribution is 2.23. The van der Waals surface area contributed by atoms with Crippen molar-refractivity contribution in [2.75, 3.05) is 26.2 Å². The summed E-state index contributed by atoms with van der Waals surface area (Å²) < 4.78 is 0. The third-order valence-corrected chi connectivity index (χ3v) is 4.02. The minimum atomic E-state index is -0.820. The molecular formula is C11H16N2O2S. The lowest BCUT2D eigenvalue weighted by Gasteiger charge is -2.26. The van der Waals surface area contributed by atoms with E-state index in [1.165, 1.54) is 16.2 Å². The van der Waals surface area contributed by atoms with Gasteiger partial charge in [0.05, 0.1) is 0 Å². The van der Waals surface area contributed by atoms with Gasteiger partial charge in [0.25, 0.3) is 0 Å². The van der Waals surface area contributed by atoms with Crippen molar-refractivity contribution in [2.45, 2.75) is 13.5 Å². The van der Waals surface area contributed by atoms with E-state index < -0.39 is 5.97 Å². The number of thiophene rings is 1. The van der Waals surface area contributed by atoms with Crippen molar-refractivity contribution in [3.05, 3.63) is 21.4 Å². The van der Waals surface area contributed by atoms with Crippen LogP contribution in [0.3, 0.4) is 0 Å². The zero-order valence-electron chi connectivity index (χ0n) is 9.32. The maximum atomic E-state index is 10.8. The minimum absolute atomic E-state index is 0.447. The van der Waals surface area contributed by atoms with Gasteiger partial charge in [0.15, 0.2) is 0 Å². The normalized spacial score (nSPS) is 17.6. The average molecular weight is 240 g/mol. The van der Waals surface area contributed by atoms with E-state index in [2.05, 4.69) is 10.2 Å². The first-order chi connectivity index (χ1) is 7.66. The summed E-state index contributed by atoms with van der Waals surface area (Å²) >= 11 is 1.40. The second-order valence-electron chi connectivity index (χ2n) is 4.05. The number of piperazine rings is 1. The first kappa shape index (κ1) is 11.6. The van der Waals surface area contributed by atoms with Crippen LogP contribution in [-0.4, -0.2) is 42.2 Å². The molecule has 1 aromatic rings. The van der Waals surface area contributed by atoms with Crippen LogP contribution in [0.5, 0.6) is 0 Å². The summed E-state index contributed by atoms with van der Waals surface area (Å²) in [5.41, 5.74) is 1.10. The molecule has 1 aliphatic heterocycles. The van der Waals surface area contributed by atoms with Gasteiger partial charge in [-0.2, -0.15) is 0 Å². The number of rotatable bonds is 3. The topological polar surface area (TPSA) is 52.6 Å². The molecule has 0 spiro atoms. The highest BCUT2D eigenvalue weighted by atomic mass is 32.1. The van der Waals surface area contributed by atoms with Gasteiger partial charge in [-0.25, -0.2) is 4.79 Å². The highest BCUT2D eigenvalue weighted by molar-refractivity contribution is 7.14. The number of nitrogens with one attached hydrogen (secondary N) is 1. The SMILES string of the molecule is Cc1cc(C(=O)O)sc1CN1CCNCC1. The molecule has 88 valence electrons. The number of carbonyl (C=O) groups is 1. The van der Waals surface area contributed by atoms with Crippen LogP contribution in [-0.2, 0) is 6.54 Å². The molecule has 5 heteroatoms. The number of carboxylic acid groups (broad SMARTS) is 1. The van der Waals surface area contributed by atoms with Crippen molar-refractivity contribution in [1.82, 2.24) is 10.2 Å². The lowest BCUT2D eigenvalue weighted by molar-refractivity contribution is 0.0702. The fraction of sp³-hybridized carbons (Fsp3) is 0.545. The third-order valence-electron chi connectivity index (χ3n) is 2.81. The van der Waals surface area contributed by atoms with Crippen LogP contribution in [0, 0.1) is 6.92 Å². The Morgan fingerprint density at radius 3 is 2.81 bits per heavy atom. The largest absolute Gasteiger partial charge is 0.477 e. The summed E-state index contributed by atoms with van der Waals surface area (Å²) in [5, 5.41) is 12.2. The second kappa shape index (κ2) is 4.95. The summed E-state index contributed by atoms with van der Waals surface area (Å²) in [4.78, 5) is 14.8. The van der Waals surface area contributed by atoms with Crippen LogP contribution in [0.25, 0.3) is 0 Å². The van der Waals surface area contributed by atoms with Gasteiger partial charge in [-0.15, -0.1) is 11.3 Å². The number of nitrogens with zero attached hydrogens (tertiary/aromatic N) is 1. The van der Waals surface area contributed by atoms with E-state index in [4.69, 9.17) is 5.11 Å². The smallest absolute Gasteiger partial charge is 0.345 e. The molecule has 0 atom stereocenters. The zero-order chi connectivity index (χ0) is 11.5. The van der Waals surface area contributed by atoms with Crippen molar-refractivity contribution in [3.8, 4) is 0 Å². The fourth-order valence-corrected chi connectivity index (χ4v) is 2.91. The van der Waals surface area contributed by atoms with E-state index >= 15 is 0 Å². The van der Waals surface area contributed by atoms with Gasteiger partial charge in [-0.3, -0.25) is 4.90 Å². The summed E-state index contributed by atoms with van der Waals surface area (Å²) in [5.74, 6) is -0.820. The zero-order valence-corrected chi connectivity index (χ0v) is 10.1. The third kappa shape index (κ3) is 2.61. The lowest BCUT2D eigenvalue weighted by atomic mass is 10.2. The molecule has 0 amide bonds. The Bertz CT molecular complexity index is 383. The molecule has 0 unspecified atom stereocenters. The predicted octanol–water partition coefficient (Wildman–Crippen LogP) is 1.16. The molecule has 0 aliphatic carbocycles. The Morgan fingerprint density at radius 2 is 2.25 bits per heavy atom. The summed E-state index contributed by atoms with van der Waals surface area (Å²) in [6.45, 7) is 7.00. The van der Waals surface area contributed by atoms with E-state index in [0.717, 1.165) is 38.3 Å². The molecule has 4 nitrogen and oxygen atoms in total. The molecule has 1 fully saturated rings. The van der Waals surface area contributed by atoms with Crippen LogP contribution in [0.4, 0.5) is 0 Å². The maximum absolute atomic E-state index is 10.8. The van der Waals surface area contributed by atoms with E-state index in [9.17, 15) is 4.79 Å². The van der Waals surface area contributed by atoms with Gasteiger partial charge in [0, 0.05) is 37.6 Å². The molecule has 1 saturated heterocycles. The van der Waals surface area contributed by atoms with Crippen molar-refractivity contribution < 1.29 is 9.90 Å². The number of carboxylic acids is 1. The second-order valence-corrected chi connectivity index (χ2v) is 5.18. The number of aryl methyl sites for hydroxylation is 1. The molecule has 0 saturated carbocycles. The first-order valence-electron chi connectivity index (χ1n) is 5.42. The summed E-state index contributed by atoms with van der Waals surface area (Å²) in [6, 6.07) is 1.77. The number of aromatic carboxylic acids is 1. The van der Waals surface area contributed by atoms with Gasteiger partial charge < -0.3 is 10.4 Å². The van der Waals surface area contributed by atoms with Gasteiger partial charge >= 0.3 is 5.97 Å².